The van der Waals surface area contributed by atoms with Gasteiger partial charge in [0.15, 0.2) is 0 Å². The van der Waals surface area contributed by atoms with Crippen molar-refractivity contribution in [1.82, 2.24) is 10.2 Å². The molecule has 0 unspecified atom stereocenters. The molecule has 0 aliphatic rings. The van der Waals surface area contributed by atoms with Crippen LogP contribution >= 0.6 is 35.0 Å². The monoisotopic (exact) mass is 533 g/mol. The molecular weight excluding hydrogens is 521 g/mol. The van der Waals surface area contributed by atoms with Crippen LogP contribution in [0.1, 0.15) is 5.76 Å². The Labute approximate surface area is 211 Å². The minimum Gasteiger partial charge on any atom is -0.496 e. The molecule has 10 nitrogen and oxygen atoms in total. The van der Waals surface area contributed by atoms with Crippen LogP contribution in [0.5, 0.6) is 5.75 Å². The lowest BCUT2D eigenvalue weighted by Gasteiger charge is -2.04. The first-order valence-electron chi connectivity index (χ1n) is 9.59. The summed E-state index contributed by atoms with van der Waals surface area (Å²) in [4.78, 5) is 22.2. The predicted octanol–water partition coefficient (Wildman–Crippen LogP) is 6.44. The van der Waals surface area contributed by atoms with Gasteiger partial charge in [-0.15, -0.1) is 10.2 Å². The molecular formula is C22H13Cl2N3O7S. The number of nitro groups is 1. The van der Waals surface area contributed by atoms with E-state index < -0.39 is 10.9 Å². The number of nitrogens with zero attached hydrogens (tertiary/aromatic N) is 3. The van der Waals surface area contributed by atoms with Crippen molar-refractivity contribution in [3.63, 3.8) is 0 Å². The Balaban J connectivity index is 1.59. The topological polar surface area (TPSA) is 142 Å². The normalized spacial score (nSPS) is 11.5. The first-order chi connectivity index (χ1) is 16.7. The molecule has 0 bridgehead atoms. The molecule has 0 spiro atoms. The predicted molar refractivity (Wildman–Crippen MR) is 129 cm³/mol. The van der Waals surface area contributed by atoms with Crippen molar-refractivity contribution in [3.8, 4) is 28.5 Å². The minimum atomic E-state index is -1.25. The second kappa shape index (κ2) is 10.2. The number of aliphatic carboxylic acids is 1. The van der Waals surface area contributed by atoms with E-state index in [1.165, 1.54) is 31.4 Å². The number of methoxy groups -OCH3 is 1. The number of carbonyl (C=O) groups is 1. The summed E-state index contributed by atoms with van der Waals surface area (Å²) in [5.41, 5.74) is 0.582. The van der Waals surface area contributed by atoms with Crippen LogP contribution in [-0.4, -0.2) is 33.3 Å². The van der Waals surface area contributed by atoms with Gasteiger partial charge >= 0.3 is 5.97 Å². The number of rotatable bonds is 8. The van der Waals surface area contributed by atoms with Crippen LogP contribution in [-0.2, 0) is 4.79 Å². The number of carboxylic acid groups (broad SMARTS) is 1. The summed E-state index contributed by atoms with van der Waals surface area (Å²) in [7, 11) is 1.48. The zero-order valence-electron chi connectivity index (χ0n) is 17.6. The smallest absolute Gasteiger partial charge is 0.342 e. The van der Waals surface area contributed by atoms with Gasteiger partial charge in [0.1, 0.15) is 27.2 Å². The van der Waals surface area contributed by atoms with Gasteiger partial charge in [-0.3, -0.25) is 10.1 Å². The number of benzene rings is 2. The number of thioether (sulfide) groups is 1. The van der Waals surface area contributed by atoms with E-state index in [9.17, 15) is 20.0 Å². The van der Waals surface area contributed by atoms with Gasteiger partial charge in [0, 0.05) is 22.7 Å². The Kier molecular flexibility index (Phi) is 7.10. The van der Waals surface area contributed by atoms with Crippen LogP contribution in [0, 0.1) is 10.1 Å². The SMILES string of the molecule is COc1ccc(Cl)cc1-c1nnc(S/C(=C\c2ccc(-c3ccc(Cl)c([N+](=O)[O-])c3)o2)C(=O)O)o1. The molecule has 0 radical (unpaired) electrons. The molecule has 178 valence electrons. The molecule has 35 heavy (non-hydrogen) atoms. The van der Waals surface area contributed by atoms with Crippen LogP contribution in [0.25, 0.3) is 28.9 Å². The summed E-state index contributed by atoms with van der Waals surface area (Å²) in [6, 6.07) is 12.1. The maximum atomic E-state index is 11.8. The minimum absolute atomic E-state index is 0.00990. The summed E-state index contributed by atoms with van der Waals surface area (Å²) in [5, 5.41) is 29.0. The van der Waals surface area contributed by atoms with Gasteiger partial charge in [0.05, 0.1) is 17.6 Å². The Morgan fingerprint density at radius 1 is 1.14 bits per heavy atom. The van der Waals surface area contributed by atoms with E-state index in [-0.39, 0.29) is 32.5 Å². The molecule has 4 aromatic rings. The molecule has 1 N–H and O–H groups in total. The van der Waals surface area contributed by atoms with Gasteiger partial charge in [-0.1, -0.05) is 23.2 Å². The van der Waals surface area contributed by atoms with Crippen LogP contribution in [0.3, 0.4) is 0 Å². The van der Waals surface area contributed by atoms with Crippen molar-refractivity contribution >= 4 is 52.7 Å². The van der Waals surface area contributed by atoms with Crippen LogP contribution in [0.2, 0.25) is 10.0 Å². The first-order valence-corrected chi connectivity index (χ1v) is 11.2. The molecule has 0 aliphatic carbocycles. The maximum Gasteiger partial charge on any atom is 0.342 e. The van der Waals surface area contributed by atoms with Crippen molar-refractivity contribution in [2.75, 3.05) is 7.11 Å². The third-order valence-electron chi connectivity index (χ3n) is 4.53. The lowest BCUT2D eigenvalue weighted by molar-refractivity contribution is -0.384. The number of carboxylic acids is 1. The first kappa shape index (κ1) is 24.3. The molecule has 0 saturated heterocycles. The summed E-state index contributed by atoms with van der Waals surface area (Å²) >= 11 is 12.6. The van der Waals surface area contributed by atoms with E-state index in [4.69, 9.17) is 36.8 Å². The van der Waals surface area contributed by atoms with E-state index in [0.717, 1.165) is 11.8 Å². The zero-order valence-corrected chi connectivity index (χ0v) is 19.9. The fourth-order valence-corrected chi connectivity index (χ4v) is 3.97. The lowest BCUT2D eigenvalue weighted by Crippen LogP contribution is -1.96. The highest BCUT2D eigenvalue weighted by atomic mass is 35.5. The van der Waals surface area contributed by atoms with Crippen molar-refractivity contribution in [1.29, 1.82) is 0 Å². The van der Waals surface area contributed by atoms with E-state index >= 15 is 0 Å². The molecule has 0 saturated carbocycles. The van der Waals surface area contributed by atoms with E-state index in [1.807, 2.05) is 0 Å². The number of furan rings is 1. The molecule has 2 aromatic heterocycles. The number of halogens is 2. The van der Waals surface area contributed by atoms with Crippen LogP contribution in [0.15, 0.2) is 67.5 Å². The maximum absolute atomic E-state index is 11.8. The fourth-order valence-electron chi connectivity index (χ4n) is 2.96. The van der Waals surface area contributed by atoms with Gasteiger partial charge in [0.25, 0.3) is 16.8 Å². The third kappa shape index (κ3) is 5.48. The summed E-state index contributed by atoms with van der Waals surface area (Å²) < 4.78 is 16.5. The molecule has 0 atom stereocenters. The molecule has 0 amide bonds. The molecule has 0 aliphatic heterocycles. The third-order valence-corrected chi connectivity index (χ3v) is 5.94. The number of hydrogen-bond donors (Lipinski definition) is 1. The Morgan fingerprint density at radius 2 is 1.94 bits per heavy atom. The Bertz CT molecular complexity index is 1470. The molecule has 2 heterocycles. The van der Waals surface area contributed by atoms with Gasteiger partial charge < -0.3 is 18.7 Å². The highest BCUT2D eigenvalue weighted by molar-refractivity contribution is 8.03. The quantitative estimate of drug-likeness (QED) is 0.116. The van der Waals surface area contributed by atoms with Crippen LogP contribution < -0.4 is 4.74 Å². The average molecular weight is 534 g/mol. The average Bonchev–Trinajstić information content (AvgIpc) is 3.48. The molecule has 0 fully saturated rings. The van der Waals surface area contributed by atoms with Crippen molar-refractivity contribution < 1.29 is 28.4 Å². The number of hydrogen-bond acceptors (Lipinski definition) is 9. The van der Waals surface area contributed by atoms with Gasteiger partial charge in [0.2, 0.25) is 0 Å². The summed E-state index contributed by atoms with van der Waals surface area (Å²) in [6.45, 7) is 0. The number of aromatic nitrogens is 2. The molecule has 13 heteroatoms. The summed E-state index contributed by atoms with van der Waals surface area (Å²) in [6.07, 6.45) is 1.27. The Morgan fingerprint density at radius 3 is 2.66 bits per heavy atom. The van der Waals surface area contributed by atoms with Gasteiger partial charge in [-0.25, -0.2) is 4.79 Å². The zero-order chi connectivity index (χ0) is 25.1. The standard InChI is InChI=1S/C22H13Cl2N3O7S/c1-32-18-6-3-12(23)9-14(18)20-25-26-22(34-20)35-19(21(28)29)10-13-4-7-17(33-13)11-2-5-15(24)16(8-11)27(30)31/h2-10H,1H3,(H,28,29)/b19-10-. The Hall–Kier alpha value is -3.80. The van der Waals surface area contributed by atoms with Crippen molar-refractivity contribution in [2.24, 2.45) is 0 Å². The van der Waals surface area contributed by atoms with Gasteiger partial charge in [-0.05, 0) is 54.2 Å². The van der Waals surface area contributed by atoms with Gasteiger partial charge in [-0.2, -0.15) is 0 Å². The van der Waals surface area contributed by atoms with E-state index in [2.05, 4.69) is 10.2 Å². The van der Waals surface area contributed by atoms with Crippen LogP contribution in [0.4, 0.5) is 5.69 Å². The number of ether oxygens (including phenoxy) is 1. The van der Waals surface area contributed by atoms with E-state index in [0.29, 0.717) is 27.7 Å². The van der Waals surface area contributed by atoms with E-state index in [1.54, 1.807) is 30.3 Å². The van der Waals surface area contributed by atoms with Crippen molar-refractivity contribution in [2.45, 2.75) is 5.22 Å². The van der Waals surface area contributed by atoms with Crippen molar-refractivity contribution in [3.05, 3.63) is 79.4 Å². The lowest BCUT2D eigenvalue weighted by atomic mass is 10.1. The highest BCUT2D eigenvalue weighted by Gasteiger charge is 2.20. The highest BCUT2D eigenvalue weighted by Crippen LogP contribution is 2.36. The fraction of sp³-hybridized carbons (Fsp3) is 0.0455. The second-order valence-corrected chi connectivity index (χ2v) is 8.60. The molecule has 2 aromatic carbocycles. The number of nitro benzene ring substituents is 1. The molecule has 4 rings (SSSR count). The second-order valence-electron chi connectivity index (χ2n) is 6.76. The summed E-state index contributed by atoms with van der Waals surface area (Å²) in [5.74, 6) is -0.219. The largest absolute Gasteiger partial charge is 0.496 e.